The summed E-state index contributed by atoms with van der Waals surface area (Å²) in [7, 11) is 0. The van der Waals surface area contributed by atoms with Crippen LogP contribution in [0.25, 0.3) is 0 Å². The molecule has 1 N–H and O–H groups in total. The molecular formula is C25H25ClN2O6. The Hall–Kier alpha value is -3.65. The molecule has 0 aliphatic carbocycles. The number of benzene rings is 2. The van der Waals surface area contributed by atoms with Crippen LogP contribution in [0, 0.1) is 0 Å². The highest BCUT2D eigenvalue weighted by Crippen LogP contribution is 2.32. The summed E-state index contributed by atoms with van der Waals surface area (Å²) in [6.07, 6.45) is 2.33. The average Bonchev–Trinajstić information content (AvgIpc) is 3.06. The van der Waals surface area contributed by atoms with Crippen LogP contribution in [-0.2, 0) is 19.1 Å². The van der Waals surface area contributed by atoms with Crippen molar-refractivity contribution in [1.82, 2.24) is 0 Å². The first-order valence-corrected chi connectivity index (χ1v) is 11.4. The first-order valence-electron chi connectivity index (χ1n) is 11.0. The van der Waals surface area contributed by atoms with E-state index in [1.807, 2.05) is 13.8 Å². The van der Waals surface area contributed by atoms with Gasteiger partial charge in [-0.25, -0.2) is 14.5 Å². The van der Waals surface area contributed by atoms with E-state index in [0.29, 0.717) is 24.3 Å². The number of nitrogens with one attached hydrogen (secondary N) is 1. The molecule has 1 heterocycles. The summed E-state index contributed by atoms with van der Waals surface area (Å²) < 4.78 is 10.3. The van der Waals surface area contributed by atoms with E-state index < -0.39 is 23.8 Å². The van der Waals surface area contributed by atoms with Crippen molar-refractivity contribution in [2.75, 3.05) is 23.4 Å². The number of ether oxygens (including phenoxy) is 2. The first kappa shape index (κ1) is 25.0. The van der Waals surface area contributed by atoms with Crippen LogP contribution in [0.4, 0.5) is 11.4 Å². The van der Waals surface area contributed by atoms with E-state index in [0.717, 1.165) is 17.7 Å². The minimum Gasteiger partial charge on any atom is -0.462 e. The van der Waals surface area contributed by atoms with Gasteiger partial charge >= 0.3 is 11.9 Å². The van der Waals surface area contributed by atoms with Crippen molar-refractivity contribution < 1.29 is 28.7 Å². The third kappa shape index (κ3) is 5.46. The SMILES string of the molecule is CCCCOC(=O)c1ccc(NC2=C(Cl)C(=O)N(c3ccccc3C(=O)OCCC)C2=O)cc1. The van der Waals surface area contributed by atoms with E-state index in [1.54, 1.807) is 36.4 Å². The van der Waals surface area contributed by atoms with E-state index >= 15 is 0 Å². The molecule has 0 unspecified atom stereocenters. The van der Waals surface area contributed by atoms with Gasteiger partial charge in [-0.2, -0.15) is 0 Å². The van der Waals surface area contributed by atoms with Gasteiger partial charge in [-0.15, -0.1) is 0 Å². The van der Waals surface area contributed by atoms with Crippen molar-refractivity contribution >= 4 is 46.7 Å². The molecule has 0 aromatic heterocycles. The van der Waals surface area contributed by atoms with Crippen LogP contribution >= 0.6 is 11.6 Å². The molecule has 2 aromatic carbocycles. The highest BCUT2D eigenvalue weighted by Gasteiger charge is 2.40. The highest BCUT2D eigenvalue weighted by atomic mass is 35.5. The van der Waals surface area contributed by atoms with Gasteiger partial charge in [-0.1, -0.05) is 44.0 Å². The Bertz CT molecular complexity index is 1130. The number of halogens is 1. The maximum Gasteiger partial charge on any atom is 0.340 e. The van der Waals surface area contributed by atoms with Crippen molar-refractivity contribution in [2.45, 2.75) is 33.1 Å². The van der Waals surface area contributed by atoms with Crippen molar-refractivity contribution in [1.29, 1.82) is 0 Å². The minimum absolute atomic E-state index is 0.0781. The topological polar surface area (TPSA) is 102 Å². The smallest absolute Gasteiger partial charge is 0.340 e. The molecule has 0 saturated heterocycles. The number of amides is 2. The fraction of sp³-hybridized carbons (Fsp3) is 0.280. The highest BCUT2D eigenvalue weighted by molar-refractivity contribution is 6.53. The molecule has 9 heteroatoms. The third-order valence-corrected chi connectivity index (χ3v) is 5.30. The molecule has 0 fully saturated rings. The van der Waals surface area contributed by atoms with Crippen molar-refractivity contribution in [3.8, 4) is 0 Å². The van der Waals surface area contributed by atoms with Crippen molar-refractivity contribution in [3.63, 3.8) is 0 Å². The zero-order chi connectivity index (χ0) is 24.7. The molecular weight excluding hydrogens is 460 g/mol. The van der Waals surface area contributed by atoms with Gasteiger partial charge in [-0.3, -0.25) is 9.59 Å². The second-order valence-corrected chi connectivity index (χ2v) is 7.86. The number of carbonyl (C=O) groups is 4. The molecule has 8 nitrogen and oxygen atoms in total. The van der Waals surface area contributed by atoms with E-state index in [2.05, 4.69) is 5.32 Å². The Balaban J connectivity index is 1.78. The Morgan fingerprint density at radius 3 is 2.24 bits per heavy atom. The van der Waals surface area contributed by atoms with E-state index in [9.17, 15) is 19.2 Å². The van der Waals surface area contributed by atoms with E-state index in [4.69, 9.17) is 21.1 Å². The fourth-order valence-corrected chi connectivity index (χ4v) is 3.38. The van der Waals surface area contributed by atoms with Gasteiger partial charge < -0.3 is 14.8 Å². The monoisotopic (exact) mass is 484 g/mol. The molecule has 178 valence electrons. The Kier molecular flexibility index (Phi) is 8.43. The first-order chi connectivity index (χ1) is 16.4. The number of esters is 2. The molecule has 3 rings (SSSR count). The number of unbranched alkanes of at least 4 members (excludes halogenated alkanes) is 1. The molecule has 2 amide bonds. The molecule has 0 radical (unpaired) electrons. The van der Waals surface area contributed by atoms with Crippen molar-refractivity contribution in [2.24, 2.45) is 0 Å². The molecule has 0 bridgehead atoms. The number of hydrogen-bond acceptors (Lipinski definition) is 7. The second kappa shape index (κ2) is 11.5. The number of nitrogens with zero attached hydrogens (tertiary/aromatic N) is 1. The largest absolute Gasteiger partial charge is 0.462 e. The molecule has 0 saturated carbocycles. The van der Waals surface area contributed by atoms with Crippen LogP contribution < -0.4 is 10.2 Å². The lowest BCUT2D eigenvalue weighted by Crippen LogP contribution is -2.33. The predicted molar refractivity (Wildman–Crippen MR) is 128 cm³/mol. The summed E-state index contributed by atoms with van der Waals surface area (Å²) in [6.45, 7) is 4.41. The maximum atomic E-state index is 13.1. The molecule has 1 aliphatic rings. The molecule has 2 aromatic rings. The molecule has 0 atom stereocenters. The summed E-state index contributed by atoms with van der Waals surface area (Å²) in [4.78, 5) is 51.3. The van der Waals surface area contributed by atoms with Crippen LogP contribution in [0.15, 0.2) is 59.3 Å². The Morgan fingerprint density at radius 2 is 1.56 bits per heavy atom. The average molecular weight is 485 g/mol. The number of rotatable bonds is 10. The van der Waals surface area contributed by atoms with Crippen LogP contribution in [0.2, 0.25) is 0 Å². The van der Waals surface area contributed by atoms with Gasteiger partial charge in [0.05, 0.1) is 30.0 Å². The fourth-order valence-electron chi connectivity index (χ4n) is 3.17. The predicted octanol–water partition coefficient (Wildman–Crippen LogP) is 4.65. The Morgan fingerprint density at radius 1 is 0.882 bits per heavy atom. The quantitative estimate of drug-likeness (QED) is 0.297. The number of carbonyl (C=O) groups excluding carboxylic acids is 4. The summed E-state index contributed by atoms with van der Waals surface area (Å²) in [5.74, 6) is -2.56. The van der Waals surface area contributed by atoms with Gasteiger partial charge in [0.25, 0.3) is 11.8 Å². The lowest BCUT2D eigenvalue weighted by atomic mass is 10.1. The lowest BCUT2D eigenvalue weighted by Gasteiger charge is -2.18. The number of imide groups is 1. The van der Waals surface area contributed by atoms with Crippen molar-refractivity contribution in [3.05, 3.63) is 70.4 Å². The summed E-state index contributed by atoms with van der Waals surface area (Å²) in [6, 6.07) is 12.4. The van der Waals surface area contributed by atoms with Gasteiger partial charge in [0.2, 0.25) is 0 Å². The van der Waals surface area contributed by atoms with E-state index in [-0.39, 0.29) is 28.6 Å². The van der Waals surface area contributed by atoms with E-state index in [1.165, 1.54) is 12.1 Å². The zero-order valence-corrected chi connectivity index (χ0v) is 19.7. The summed E-state index contributed by atoms with van der Waals surface area (Å²) in [5, 5.41) is 2.52. The third-order valence-electron chi connectivity index (χ3n) is 4.95. The van der Waals surface area contributed by atoms with Crippen LogP contribution in [-0.4, -0.2) is 37.0 Å². The van der Waals surface area contributed by atoms with Gasteiger partial charge in [-0.05, 0) is 49.2 Å². The van der Waals surface area contributed by atoms with Gasteiger partial charge in [0, 0.05) is 5.69 Å². The molecule has 34 heavy (non-hydrogen) atoms. The van der Waals surface area contributed by atoms with Gasteiger partial charge in [0.1, 0.15) is 10.7 Å². The summed E-state index contributed by atoms with van der Waals surface area (Å²) in [5.41, 5.74) is 0.822. The second-order valence-electron chi connectivity index (χ2n) is 7.48. The molecule has 1 aliphatic heterocycles. The molecule has 0 spiro atoms. The normalized spacial score (nSPS) is 13.3. The lowest BCUT2D eigenvalue weighted by molar-refractivity contribution is -0.120. The minimum atomic E-state index is -0.763. The standard InChI is InChI=1S/C25H25ClN2O6/c1-3-5-15-34-24(31)16-10-12-17(13-11-16)27-21-20(26)22(29)28(23(21)30)19-9-7-6-8-18(19)25(32)33-14-4-2/h6-13,27H,3-5,14-15H2,1-2H3. The summed E-state index contributed by atoms with van der Waals surface area (Å²) >= 11 is 6.20. The maximum absolute atomic E-state index is 13.1. The zero-order valence-electron chi connectivity index (χ0n) is 18.9. The van der Waals surface area contributed by atoms with Crippen LogP contribution in [0.1, 0.15) is 53.8 Å². The van der Waals surface area contributed by atoms with Crippen LogP contribution in [0.5, 0.6) is 0 Å². The van der Waals surface area contributed by atoms with Gasteiger partial charge in [0.15, 0.2) is 0 Å². The Labute approximate surface area is 202 Å². The number of para-hydroxylation sites is 1. The van der Waals surface area contributed by atoms with Crippen LogP contribution in [0.3, 0.4) is 0 Å². The number of hydrogen-bond donors (Lipinski definition) is 1. The number of anilines is 2.